The monoisotopic (exact) mass is 433 g/mol. The summed E-state index contributed by atoms with van der Waals surface area (Å²) < 4.78 is 36.6. The molecule has 1 unspecified atom stereocenters. The van der Waals surface area contributed by atoms with E-state index in [4.69, 9.17) is 13.6 Å². The summed E-state index contributed by atoms with van der Waals surface area (Å²) in [6.45, 7) is 2.58. The first kappa shape index (κ1) is 18.1. The second-order valence-electron chi connectivity index (χ2n) is 10.5. The Morgan fingerprint density at radius 2 is 2.19 bits per heavy atom. The number of Topliss-reactive ketones (excluding diaryl/α,β-unsaturated/α-hetero) is 1. The first-order valence-corrected chi connectivity index (χ1v) is 11.5. The number of aliphatic hydroxyl groups excluding tert-OH is 1. The van der Waals surface area contributed by atoms with Crippen molar-refractivity contribution in [2.75, 3.05) is 6.56 Å². The molecule has 1 heterocycles. The van der Waals surface area contributed by atoms with E-state index in [0.717, 1.165) is 5.57 Å². The number of aliphatic hydroxyl groups is 2. The third-order valence-corrected chi connectivity index (χ3v) is 9.10. The fourth-order valence-electron chi connectivity index (χ4n) is 7.82. The van der Waals surface area contributed by atoms with E-state index in [1.165, 1.54) is 0 Å². The molecule has 6 heteroatoms. The van der Waals surface area contributed by atoms with E-state index in [9.17, 15) is 19.8 Å². The van der Waals surface area contributed by atoms with Gasteiger partial charge >= 0.3 is 0 Å². The summed E-state index contributed by atoms with van der Waals surface area (Å²) in [6.07, 6.45) is 4.31. The molecule has 0 bridgehead atoms. The molecule has 4 aliphatic carbocycles. The summed E-state index contributed by atoms with van der Waals surface area (Å²) in [4.78, 5) is 25.6. The molecule has 0 amide bonds. The van der Waals surface area contributed by atoms with Gasteiger partial charge in [0.1, 0.15) is 6.56 Å². The van der Waals surface area contributed by atoms with Gasteiger partial charge in [-0.2, -0.15) is 0 Å². The third-order valence-electron chi connectivity index (χ3n) is 9.10. The number of ketones is 2. The maximum atomic E-state index is 13.6. The molecule has 6 nitrogen and oxygen atoms in total. The van der Waals surface area contributed by atoms with Crippen LogP contribution in [0.15, 0.2) is 23.8 Å². The minimum atomic E-state index is -3.17. The Morgan fingerprint density at radius 1 is 1.42 bits per heavy atom. The molecule has 31 heavy (non-hydrogen) atoms. The van der Waals surface area contributed by atoms with Crippen molar-refractivity contribution in [3.05, 3.63) is 23.8 Å². The molecule has 3 saturated carbocycles. The van der Waals surface area contributed by atoms with E-state index in [0.29, 0.717) is 25.7 Å². The van der Waals surface area contributed by atoms with Crippen molar-refractivity contribution in [2.24, 2.45) is 28.6 Å². The third kappa shape index (κ3) is 2.65. The SMILES string of the molecule is [2H]C1(CCC)O[C@@H]2C[C@H]3[C@@H]4CCC5=CC(=O)C=C[C@]5(C)[C@H]4[C@@H](O)C[C@]3(C)[C@]2(C(=O)C([2H])([2H])O)O1. The molecule has 0 spiro atoms. The van der Waals surface area contributed by atoms with Gasteiger partial charge in [0.2, 0.25) is 0 Å². The van der Waals surface area contributed by atoms with E-state index in [-0.39, 0.29) is 36.4 Å². The topological polar surface area (TPSA) is 93.1 Å². The van der Waals surface area contributed by atoms with Crippen molar-refractivity contribution in [2.45, 2.75) is 83.4 Å². The molecule has 170 valence electrons. The number of ether oxygens (including phenoxy) is 2. The highest BCUT2D eigenvalue weighted by atomic mass is 16.7. The largest absolute Gasteiger partial charge is 0.393 e. The van der Waals surface area contributed by atoms with Gasteiger partial charge in [0, 0.05) is 16.7 Å². The van der Waals surface area contributed by atoms with Crippen LogP contribution in [0, 0.1) is 28.6 Å². The summed E-state index contributed by atoms with van der Waals surface area (Å²) in [6, 6.07) is 0. The normalized spacial score (nSPS) is 54.6. The molecule has 0 aromatic heterocycles. The predicted octanol–water partition coefficient (Wildman–Crippen LogP) is 2.72. The van der Waals surface area contributed by atoms with Gasteiger partial charge in [0.05, 0.1) is 16.3 Å². The van der Waals surface area contributed by atoms with Crippen LogP contribution in [0.2, 0.25) is 0 Å². The van der Waals surface area contributed by atoms with Crippen molar-refractivity contribution >= 4 is 11.6 Å². The van der Waals surface area contributed by atoms with Crippen molar-refractivity contribution in [3.8, 4) is 0 Å². The molecular weight excluding hydrogens is 396 g/mol. The molecule has 1 saturated heterocycles. The van der Waals surface area contributed by atoms with E-state index in [2.05, 4.69) is 6.92 Å². The van der Waals surface area contributed by atoms with E-state index >= 15 is 0 Å². The zero-order valence-electron chi connectivity index (χ0n) is 21.4. The molecular formula is C25H34O6. The van der Waals surface area contributed by atoms with Crippen LogP contribution in [0.1, 0.15) is 63.4 Å². The summed E-state index contributed by atoms with van der Waals surface area (Å²) in [7, 11) is 0. The number of carbonyl (C=O) groups is 2. The van der Waals surface area contributed by atoms with Gasteiger partial charge in [-0.25, -0.2) is 0 Å². The Labute approximate surface area is 187 Å². The van der Waals surface area contributed by atoms with E-state index in [1.807, 2.05) is 19.9 Å². The number of hydrogen-bond acceptors (Lipinski definition) is 6. The van der Waals surface area contributed by atoms with Gasteiger partial charge in [-0.15, -0.1) is 0 Å². The number of allylic oxidation sites excluding steroid dienone is 4. The highest BCUT2D eigenvalue weighted by Gasteiger charge is 2.75. The summed E-state index contributed by atoms with van der Waals surface area (Å²) >= 11 is 0. The Hall–Kier alpha value is -1.34. The lowest BCUT2D eigenvalue weighted by atomic mass is 9.46. The number of rotatable bonds is 4. The second kappa shape index (κ2) is 7.08. The van der Waals surface area contributed by atoms with Crippen molar-refractivity contribution in [1.29, 1.82) is 0 Å². The maximum Gasteiger partial charge on any atom is 0.193 e. The van der Waals surface area contributed by atoms with Gasteiger partial charge in [-0.05, 0) is 56.1 Å². The van der Waals surface area contributed by atoms with Crippen LogP contribution in [0.4, 0.5) is 0 Å². The smallest absolute Gasteiger partial charge is 0.193 e. The average molecular weight is 434 g/mol. The predicted molar refractivity (Wildman–Crippen MR) is 113 cm³/mol. The first-order valence-electron chi connectivity index (χ1n) is 13.0. The summed E-state index contributed by atoms with van der Waals surface area (Å²) in [5.74, 6) is -1.52. The van der Waals surface area contributed by atoms with Crippen molar-refractivity contribution < 1.29 is 33.4 Å². The molecule has 2 N–H and O–H groups in total. The van der Waals surface area contributed by atoms with Crippen LogP contribution in [0.25, 0.3) is 0 Å². The zero-order valence-corrected chi connectivity index (χ0v) is 18.4. The van der Waals surface area contributed by atoms with E-state index < -0.39 is 47.2 Å². The number of fused-ring (bicyclic) bond motifs is 7. The fraction of sp³-hybridized carbons (Fsp3) is 0.760. The second-order valence-corrected chi connectivity index (χ2v) is 10.5. The lowest BCUT2D eigenvalue weighted by Gasteiger charge is -2.59. The minimum absolute atomic E-state index is 0.0212. The quantitative estimate of drug-likeness (QED) is 0.708. The molecule has 0 aromatic carbocycles. The summed E-state index contributed by atoms with van der Waals surface area (Å²) in [5, 5.41) is 21.8. The van der Waals surface area contributed by atoms with Crippen LogP contribution < -0.4 is 0 Å². The molecule has 0 radical (unpaired) electrons. The molecule has 9 atom stereocenters. The zero-order chi connectivity index (χ0) is 24.9. The molecule has 5 rings (SSSR count). The van der Waals surface area contributed by atoms with Gasteiger partial charge in [0.15, 0.2) is 23.4 Å². The van der Waals surface area contributed by atoms with Crippen LogP contribution in [0.3, 0.4) is 0 Å². The average Bonchev–Trinajstić information content (AvgIpc) is 3.14. The molecule has 0 aromatic rings. The van der Waals surface area contributed by atoms with Gasteiger partial charge < -0.3 is 19.7 Å². The Morgan fingerprint density at radius 3 is 2.90 bits per heavy atom. The lowest BCUT2D eigenvalue weighted by molar-refractivity contribution is -0.200. The number of carbonyl (C=O) groups excluding carboxylic acids is 2. The molecule has 4 fully saturated rings. The molecule has 1 aliphatic heterocycles. The van der Waals surface area contributed by atoms with Crippen molar-refractivity contribution in [3.63, 3.8) is 0 Å². The van der Waals surface area contributed by atoms with Gasteiger partial charge in [-0.3, -0.25) is 9.59 Å². The Balaban J connectivity index is 1.60. The van der Waals surface area contributed by atoms with Crippen LogP contribution in [-0.2, 0) is 19.1 Å². The van der Waals surface area contributed by atoms with E-state index in [1.54, 1.807) is 12.2 Å². The Bertz CT molecular complexity index is 990. The van der Waals surface area contributed by atoms with Crippen LogP contribution in [-0.4, -0.2) is 52.4 Å². The highest BCUT2D eigenvalue weighted by molar-refractivity contribution is 6.01. The molecule has 5 aliphatic rings. The first-order chi connectivity index (χ1) is 15.7. The maximum absolute atomic E-state index is 13.6. The number of hydrogen-bond donors (Lipinski definition) is 2. The van der Waals surface area contributed by atoms with Gasteiger partial charge in [0.25, 0.3) is 0 Å². The van der Waals surface area contributed by atoms with Crippen molar-refractivity contribution in [1.82, 2.24) is 0 Å². The van der Waals surface area contributed by atoms with Crippen LogP contribution in [0.5, 0.6) is 0 Å². The highest BCUT2D eigenvalue weighted by Crippen LogP contribution is 2.69. The summed E-state index contributed by atoms with van der Waals surface area (Å²) in [5.41, 5.74) is -2.37. The standard InChI is InChI=1S/C25H34O6/c1-4-5-21-30-20-11-17-16-7-6-14-10-15(27)8-9-23(14,2)22(16)18(28)12-24(17,3)25(20,31-21)19(29)13-26/h8-10,16-18,20-22,26,28H,4-7,11-13H2,1-3H3/t16-,17-,18-,20+,21?,22+,23-,24-,25+/m0/s1/i13D2,21D. The Kier molecular flexibility index (Phi) is 4.14. The fourth-order valence-corrected chi connectivity index (χ4v) is 7.82. The lowest BCUT2D eigenvalue weighted by Crippen LogP contribution is -2.63. The minimum Gasteiger partial charge on any atom is -0.393 e. The van der Waals surface area contributed by atoms with Gasteiger partial charge in [-0.1, -0.05) is 38.8 Å². The van der Waals surface area contributed by atoms with Crippen LogP contribution >= 0.6 is 0 Å².